The molecule has 0 atom stereocenters. The maximum Gasteiger partial charge on any atom is 0.363 e. The summed E-state index contributed by atoms with van der Waals surface area (Å²) in [5.41, 5.74) is 1.57. The number of carbonyl (C=O) groups is 2. The van der Waals surface area contributed by atoms with Crippen molar-refractivity contribution in [2.24, 2.45) is 4.99 Å². The Balaban J connectivity index is 1.83. The van der Waals surface area contributed by atoms with E-state index in [2.05, 4.69) is 4.99 Å². The molecule has 3 rings (SSSR count). The van der Waals surface area contributed by atoms with Crippen LogP contribution in [0.4, 0.5) is 0 Å². The van der Waals surface area contributed by atoms with E-state index in [1.807, 2.05) is 17.5 Å². The smallest absolute Gasteiger partial charge is 0.363 e. The van der Waals surface area contributed by atoms with Crippen molar-refractivity contribution in [3.63, 3.8) is 0 Å². The third kappa shape index (κ3) is 3.12. The molecule has 0 fully saturated rings. The lowest BCUT2D eigenvalue weighted by atomic mass is 10.1. The molecule has 0 amide bonds. The van der Waals surface area contributed by atoms with Gasteiger partial charge in [0.2, 0.25) is 5.90 Å². The molecule has 1 aromatic carbocycles. The quantitative estimate of drug-likeness (QED) is 0.695. The molecule has 0 saturated carbocycles. The summed E-state index contributed by atoms with van der Waals surface area (Å²) in [6.07, 6.45) is 1.63. The number of hydrogen-bond donors (Lipinski definition) is 1. The van der Waals surface area contributed by atoms with Gasteiger partial charge in [-0.25, -0.2) is 9.79 Å². The van der Waals surface area contributed by atoms with E-state index in [4.69, 9.17) is 9.84 Å². The summed E-state index contributed by atoms with van der Waals surface area (Å²) in [5.74, 6) is -1.15. The van der Waals surface area contributed by atoms with Crippen molar-refractivity contribution < 1.29 is 19.4 Å². The van der Waals surface area contributed by atoms with Gasteiger partial charge in [-0.05, 0) is 35.2 Å². The topological polar surface area (TPSA) is 76.0 Å². The lowest BCUT2D eigenvalue weighted by molar-refractivity contribution is -0.136. The minimum atomic E-state index is -0.890. The maximum atomic E-state index is 11.8. The first-order chi connectivity index (χ1) is 10.6. The lowest BCUT2D eigenvalue weighted by Crippen LogP contribution is -2.06. The van der Waals surface area contributed by atoms with Crippen LogP contribution in [0.15, 0.2) is 52.5 Å². The zero-order valence-corrected chi connectivity index (χ0v) is 12.2. The van der Waals surface area contributed by atoms with Crippen LogP contribution in [0.25, 0.3) is 6.08 Å². The number of nitrogens with zero attached hydrogens (tertiary/aromatic N) is 1. The molecule has 0 aliphatic carbocycles. The summed E-state index contributed by atoms with van der Waals surface area (Å²) in [5, 5.41) is 10.7. The number of ether oxygens (including phenoxy) is 1. The van der Waals surface area contributed by atoms with Gasteiger partial charge in [0, 0.05) is 10.4 Å². The van der Waals surface area contributed by atoms with Gasteiger partial charge in [-0.15, -0.1) is 11.3 Å². The fourth-order valence-electron chi connectivity index (χ4n) is 1.98. The highest BCUT2D eigenvalue weighted by Crippen LogP contribution is 2.21. The Kier molecular flexibility index (Phi) is 3.84. The second-order valence-corrected chi connectivity index (χ2v) is 5.60. The molecule has 0 radical (unpaired) electrons. The van der Waals surface area contributed by atoms with E-state index in [1.54, 1.807) is 30.3 Å². The van der Waals surface area contributed by atoms with Gasteiger partial charge in [-0.2, -0.15) is 0 Å². The standard InChI is InChI=1S/C16H11NO4S/c18-14(19)8-10-3-5-11(6-4-10)15-17-13(16(20)21-15)9-12-2-1-7-22-12/h1-7,9H,8H2,(H,18,19). The molecule has 2 aromatic rings. The van der Waals surface area contributed by atoms with Gasteiger partial charge in [0.25, 0.3) is 0 Å². The van der Waals surface area contributed by atoms with Gasteiger partial charge < -0.3 is 9.84 Å². The highest BCUT2D eigenvalue weighted by atomic mass is 32.1. The Bertz CT molecular complexity index is 773. The van der Waals surface area contributed by atoms with Crippen LogP contribution in [0.3, 0.4) is 0 Å². The van der Waals surface area contributed by atoms with Crippen molar-refractivity contribution in [2.75, 3.05) is 0 Å². The summed E-state index contributed by atoms with van der Waals surface area (Å²) < 4.78 is 5.16. The van der Waals surface area contributed by atoms with Gasteiger partial charge in [-0.1, -0.05) is 18.2 Å². The molecular formula is C16H11NO4S. The molecule has 22 heavy (non-hydrogen) atoms. The normalized spacial score (nSPS) is 15.7. The number of thiophene rings is 1. The summed E-state index contributed by atoms with van der Waals surface area (Å²) in [6.45, 7) is 0. The SMILES string of the molecule is O=C(O)Cc1ccc(C2=NC(=Cc3cccs3)C(=O)O2)cc1. The van der Waals surface area contributed by atoms with Crippen LogP contribution in [0, 0.1) is 0 Å². The van der Waals surface area contributed by atoms with E-state index in [-0.39, 0.29) is 18.0 Å². The average molecular weight is 313 g/mol. The molecule has 5 nitrogen and oxygen atoms in total. The number of carboxylic acids is 1. The van der Waals surface area contributed by atoms with Crippen molar-refractivity contribution in [3.8, 4) is 0 Å². The van der Waals surface area contributed by atoms with E-state index in [0.29, 0.717) is 11.1 Å². The number of carbonyl (C=O) groups excluding carboxylic acids is 1. The number of aliphatic imine (C=N–C) groups is 1. The molecule has 1 aliphatic heterocycles. The molecule has 2 heterocycles. The Labute approximate surface area is 130 Å². The van der Waals surface area contributed by atoms with Crippen LogP contribution < -0.4 is 0 Å². The summed E-state index contributed by atoms with van der Waals surface area (Å²) in [4.78, 5) is 27.6. The minimum absolute atomic E-state index is 0.0456. The van der Waals surface area contributed by atoms with Crippen molar-refractivity contribution in [1.29, 1.82) is 0 Å². The second-order valence-electron chi connectivity index (χ2n) is 4.62. The number of rotatable bonds is 4. The summed E-state index contributed by atoms with van der Waals surface area (Å²) >= 11 is 1.51. The Morgan fingerprint density at radius 1 is 1.27 bits per heavy atom. The fraction of sp³-hybridized carbons (Fsp3) is 0.0625. The van der Waals surface area contributed by atoms with Crippen molar-refractivity contribution in [1.82, 2.24) is 0 Å². The molecule has 1 N–H and O–H groups in total. The van der Waals surface area contributed by atoms with Crippen LogP contribution >= 0.6 is 11.3 Å². The monoisotopic (exact) mass is 313 g/mol. The zero-order chi connectivity index (χ0) is 15.5. The first-order valence-electron chi connectivity index (χ1n) is 6.49. The van der Waals surface area contributed by atoms with E-state index in [0.717, 1.165) is 4.88 Å². The van der Waals surface area contributed by atoms with Crippen molar-refractivity contribution in [2.45, 2.75) is 6.42 Å². The predicted octanol–water partition coefficient (Wildman–Crippen LogP) is 2.72. The van der Waals surface area contributed by atoms with Gasteiger partial charge >= 0.3 is 11.9 Å². The van der Waals surface area contributed by atoms with Crippen molar-refractivity contribution in [3.05, 3.63) is 63.5 Å². The minimum Gasteiger partial charge on any atom is -0.481 e. The molecule has 0 unspecified atom stereocenters. The Morgan fingerprint density at radius 3 is 2.68 bits per heavy atom. The van der Waals surface area contributed by atoms with Gasteiger partial charge in [0.1, 0.15) is 0 Å². The number of aliphatic carboxylic acids is 1. The molecule has 1 aromatic heterocycles. The molecule has 110 valence electrons. The summed E-state index contributed by atoms with van der Waals surface area (Å²) in [6, 6.07) is 10.5. The number of hydrogen-bond acceptors (Lipinski definition) is 5. The number of cyclic esters (lactones) is 1. The average Bonchev–Trinajstić information content (AvgIpc) is 3.10. The number of carboxylic acid groups (broad SMARTS) is 1. The van der Waals surface area contributed by atoms with Gasteiger partial charge in [0.05, 0.1) is 6.42 Å². The Morgan fingerprint density at radius 2 is 2.05 bits per heavy atom. The van der Waals surface area contributed by atoms with Crippen LogP contribution in [0.5, 0.6) is 0 Å². The summed E-state index contributed by atoms with van der Waals surface area (Å²) in [7, 11) is 0. The van der Waals surface area contributed by atoms with Crippen LogP contribution in [0.2, 0.25) is 0 Å². The third-order valence-corrected chi connectivity index (χ3v) is 3.82. The molecule has 1 aliphatic rings. The molecule has 6 heteroatoms. The molecule has 0 saturated heterocycles. The highest BCUT2D eigenvalue weighted by Gasteiger charge is 2.24. The molecule has 0 spiro atoms. The first-order valence-corrected chi connectivity index (χ1v) is 7.37. The van der Waals surface area contributed by atoms with E-state index >= 15 is 0 Å². The van der Waals surface area contributed by atoms with E-state index in [9.17, 15) is 9.59 Å². The van der Waals surface area contributed by atoms with E-state index in [1.165, 1.54) is 11.3 Å². The second kappa shape index (κ2) is 5.95. The number of benzene rings is 1. The van der Waals surface area contributed by atoms with Gasteiger partial charge in [-0.3, -0.25) is 4.79 Å². The first kappa shape index (κ1) is 14.2. The number of esters is 1. The third-order valence-electron chi connectivity index (χ3n) is 3.00. The molecule has 0 bridgehead atoms. The van der Waals surface area contributed by atoms with E-state index < -0.39 is 11.9 Å². The molecular weight excluding hydrogens is 302 g/mol. The fourth-order valence-corrected chi connectivity index (χ4v) is 2.63. The zero-order valence-electron chi connectivity index (χ0n) is 11.4. The van der Waals surface area contributed by atoms with Crippen LogP contribution in [-0.4, -0.2) is 22.9 Å². The van der Waals surface area contributed by atoms with Crippen molar-refractivity contribution >= 4 is 35.2 Å². The lowest BCUT2D eigenvalue weighted by Gasteiger charge is -2.01. The van der Waals surface area contributed by atoms with Crippen LogP contribution in [-0.2, 0) is 20.7 Å². The predicted molar refractivity (Wildman–Crippen MR) is 82.7 cm³/mol. The Hall–Kier alpha value is -2.73. The largest absolute Gasteiger partial charge is 0.481 e. The highest BCUT2D eigenvalue weighted by molar-refractivity contribution is 7.10. The van der Waals surface area contributed by atoms with Gasteiger partial charge in [0.15, 0.2) is 5.70 Å². The van der Waals surface area contributed by atoms with Crippen LogP contribution in [0.1, 0.15) is 16.0 Å². The maximum absolute atomic E-state index is 11.8.